The van der Waals surface area contributed by atoms with Crippen LogP contribution in [-0.2, 0) is 14.3 Å². The number of methoxy groups -OCH3 is 1. The van der Waals surface area contributed by atoms with Crippen LogP contribution in [0.4, 0.5) is 0 Å². The molecule has 0 N–H and O–H groups in total. The molecule has 0 aromatic heterocycles. The molecule has 4 heteroatoms. The highest BCUT2D eigenvalue weighted by Gasteiger charge is 2.33. The van der Waals surface area contributed by atoms with Gasteiger partial charge in [0.05, 0.1) is 13.0 Å². The smallest absolute Gasteiger partial charge is 0.309 e. The fourth-order valence-electron chi connectivity index (χ4n) is 2.78. The summed E-state index contributed by atoms with van der Waals surface area (Å²) < 4.78 is 10.8. The highest BCUT2D eigenvalue weighted by atomic mass is 16.5. The Morgan fingerprint density at radius 3 is 2.81 bits per heavy atom. The molecule has 0 radical (unpaired) electrons. The third-order valence-corrected chi connectivity index (χ3v) is 4.13. The largest absolute Gasteiger partial charge is 0.497 e. The van der Waals surface area contributed by atoms with Crippen molar-refractivity contribution in [1.29, 1.82) is 0 Å². The minimum Gasteiger partial charge on any atom is -0.497 e. The monoisotopic (exact) mass is 290 g/mol. The van der Waals surface area contributed by atoms with Crippen LogP contribution < -0.4 is 4.74 Å². The number of esters is 1. The Morgan fingerprint density at radius 1 is 1.38 bits per heavy atom. The first-order valence-corrected chi connectivity index (χ1v) is 7.37. The number of hydrogen-bond acceptors (Lipinski definition) is 4. The first-order chi connectivity index (χ1) is 10.0. The van der Waals surface area contributed by atoms with E-state index in [1.807, 2.05) is 38.1 Å². The predicted molar refractivity (Wildman–Crippen MR) is 79.0 cm³/mol. The summed E-state index contributed by atoms with van der Waals surface area (Å²) in [5.74, 6) is 0.678. The molecular weight excluding hydrogens is 268 g/mol. The zero-order valence-electron chi connectivity index (χ0n) is 12.8. The van der Waals surface area contributed by atoms with Crippen molar-refractivity contribution in [2.24, 2.45) is 11.8 Å². The molecular formula is C17H22O4. The predicted octanol–water partition coefficient (Wildman–Crippen LogP) is 3.30. The van der Waals surface area contributed by atoms with Crippen molar-refractivity contribution in [1.82, 2.24) is 0 Å². The average molecular weight is 290 g/mol. The fraction of sp³-hybridized carbons (Fsp3) is 0.529. The van der Waals surface area contributed by atoms with Crippen molar-refractivity contribution in [3.8, 4) is 5.75 Å². The first kappa shape index (κ1) is 15.5. The maximum Gasteiger partial charge on any atom is 0.309 e. The van der Waals surface area contributed by atoms with Gasteiger partial charge in [-0.3, -0.25) is 9.59 Å². The SMILES string of the molecule is COc1cccc([C@H](C)OC(=O)[C@@H]2CCC(=O)C[C@H]2C)c1. The zero-order chi connectivity index (χ0) is 15.4. The molecule has 2 rings (SSSR count). The van der Waals surface area contributed by atoms with E-state index in [1.54, 1.807) is 7.11 Å². The Bertz CT molecular complexity index is 523. The van der Waals surface area contributed by atoms with Gasteiger partial charge in [-0.05, 0) is 37.0 Å². The zero-order valence-corrected chi connectivity index (χ0v) is 12.8. The van der Waals surface area contributed by atoms with Gasteiger partial charge in [-0.15, -0.1) is 0 Å². The van der Waals surface area contributed by atoms with Gasteiger partial charge in [0.15, 0.2) is 0 Å². The van der Waals surface area contributed by atoms with Gasteiger partial charge in [0.1, 0.15) is 17.6 Å². The molecule has 1 aliphatic carbocycles. The van der Waals surface area contributed by atoms with E-state index in [0.717, 1.165) is 11.3 Å². The van der Waals surface area contributed by atoms with Crippen molar-refractivity contribution < 1.29 is 19.1 Å². The molecule has 4 nitrogen and oxygen atoms in total. The number of ether oxygens (including phenoxy) is 2. The highest BCUT2D eigenvalue weighted by Crippen LogP contribution is 2.31. The van der Waals surface area contributed by atoms with Crippen molar-refractivity contribution >= 4 is 11.8 Å². The van der Waals surface area contributed by atoms with E-state index in [2.05, 4.69) is 0 Å². The minimum atomic E-state index is -0.322. The highest BCUT2D eigenvalue weighted by molar-refractivity contribution is 5.83. The van der Waals surface area contributed by atoms with E-state index >= 15 is 0 Å². The van der Waals surface area contributed by atoms with Gasteiger partial charge in [-0.25, -0.2) is 0 Å². The number of Topliss-reactive ketones (excluding diaryl/α,β-unsaturated/α-hetero) is 1. The van der Waals surface area contributed by atoms with Gasteiger partial charge in [0, 0.05) is 12.8 Å². The fourth-order valence-corrected chi connectivity index (χ4v) is 2.78. The molecule has 0 saturated heterocycles. The second-order valence-corrected chi connectivity index (χ2v) is 5.72. The maximum absolute atomic E-state index is 12.3. The van der Waals surface area contributed by atoms with Gasteiger partial charge in [0.25, 0.3) is 0 Å². The lowest BCUT2D eigenvalue weighted by Crippen LogP contribution is -2.31. The first-order valence-electron chi connectivity index (χ1n) is 7.37. The van der Waals surface area contributed by atoms with Gasteiger partial charge in [-0.2, -0.15) is 0 Å². The molecule has 1 aromatic carbocycles. The van der Waals surface area contributed by atoms with E-state index < -0.39 is 0 Å². The van der Waals surface area contributed by atoms with E-state index in [0.29, 0.717) is 19.3 Å². The van der Waals surface area contributed by atoms with Gasteiger partial charge < -0.3 is 9.47 Å². The van der Waals surface area contributed by atoms with Crippen LogP contribution in [0.3, 0.4) is 0 Å². The van der Waals surface area contributed by atoms with Crippen molar-refractivity contribution in [2.75, 3.05) is 7.11 Å². The average Bonchev–Trinajstić information content (AvgIpc) is 2.47. The molecule has 21 heavy (non-hydrogen) atoms. The summed E-state index contributed by atoms with van der Waals surface area (Å²) in [7, 11) is 1.61. The second-order valence-electron chi connectivity index (χ2n) is 5.72. The number of ketones is 1. The molecule has 1 fully saturated rings. The van der Waals surface area contributed by atoms with Crippen LogP contribution >= 0.6 is 0 Å². The molecule has 114 valence electrons. The minimum absolute atomic E-state index is 0.0660. The van der Waals surface area contributed by atoms with Crippen LogP contribution in [-0.4, -0.2) is 18.9 Å². The van der Waals surface area contributed by atoms with E-state index in [-0.39, 0.29) is 29.7 Å². The Kier molecular flexibility index (Phi) is 4.99. The molecule has 0 spiro atoms. The summed E-state index contributed by atoms with van der Waals surface area (Å²) in [6.45, 7) is 3.80. The van der Waals surface area contributed by atoms with Crippen molar-refractivity contribution in [3.63, 3.8) is 0 Å². The third kappa shape index (κ3) is 3.84. The maximum atomic E-state index is 12.3. The Labute approximate surface area is 125 Å². The molecule has 1 aromatic rings. The van der Waals surface area contributed by atoms with Gasteiger partial charge in [0.2, 0.25) is 0 Å². The van der Waals surface area contributed by atoms with E-state index in [4.69, 9.17) is 9.47 Å². The molecule has 0 bridgehead atoms. The van der Waals surface area contributed by atoms with Crippen LogP contribution in [0.2, 0.25) is 0 Å². The summed E-state index contributed by atoms with van der Waals surface area (Å²) in [6, 6.07) is 7.51. The quantitative estimate of drug-likeness (QED) is 0.798. The van der Waals surface area contributed by atoms with Crippen LogP contribution in [0.5, 0.6) is 5.75 Å². The van der Waals surface area contributed by atoms with E-state index in [9.17, 15) is 9.59 Å². The molecule has 3 atom stereocenters. The molecule has 1 saturated carbocycles. The summed E-state index contributed by atoms with van der Waals surface area (Å²) >= 11 is 0. The normalized spacial score (nSPS) is 23.5. The van der Waals surface area contributed by atoms with Crippen LogP contribution in [0, 0.1) is 11.8 Å². The topological polar surface area (TPSA) is 52.6 Å². The van der Waals surface area contributed by atoms with Crippen molar-refractivity contribution in [2.45, 2.75) is 39.2 Å². The number of benzene rings is 1. The lowest BCUT2D eigenvalue weighted by molar-refractivity contribution is -0.157. The van der Waals surface area contributed by atoms with Gasteiger partial charge >= 0.3 is 5.97 Å². The standard InChI is InChI=1S/C17H22O4/c1-11-9-14(18)7-8-16(11)17(19)21-12(2)13-5-4-6-15(10-13)20-3/h4-6,10-12,16H,7-9H2,1-3H3/t11-,12+,16-/m1/s1. The number of carbonyl (C=O) groups excluding carboxylic acids is 2. The Morgan fingerprint density at radius 2 is 2.14 bits per heavy atom. The van der Waals surface area contributed by atoms with E-state index in [1.165, 1.54) is 0 Å². The van der Waals surface area contributed by atoms with Crippen LogP contribution in [0.15, 0.2) is 24.3 Å². The molecule has 0 unspecified atom stereocenters. The van der Waals surface area contributed by atoms with Crippen LogP contribution in [0.1, 0.15) is 44.8 Å². The Hall–Kier alpha value is -1.84. The number of hydrogen-bond donors (Lipinski definition) is 0. The number of carbonyl (C=O) groups is 2. The molecule has 0 amide bonds. The van der Waals surface area contributed by atoms with Gasteiger partial charge in [-0.1, -0.05) is 19.1 Å². The molecule has 0 heterocycles. The summed E-state index contributed by atoms with van der Waals surface area (Å²) in [6.07, 6.45) is 1.24. The lowest BCUT2D eigenvalue weighted by atomic mass is 9.80. The molecule has 0 aliphatic heterocycles. The molecule has 1 aliphatic rings. The van der Waals surface area contributed by atoms with Crippen LogP contribution in [0.25, 0.3) is 0 Å². The summed E-state index contributed by atoms with van der Waals surface area (Å²) in [5, 5.41) is 0. The second kappa shape index (κ2) is 6.74. The Balaban J connectivity index is 1.99. The van der Waals surface area contributed by atoms with Crippen molar-refractivity contribution in [3.05, 3.63) is 29.8 Å². The summed E-state index contributed by atoms with van der Waals surface area (Å²) in [5.41, 5.74) is 0.905. The summed E-state index contributed by atoms with van der Waals surface area (Å²) in [4.78, 5) is 23.7. The lowest BCUT2D eigenvalue weighted by Gasteiger charge is -2.27. The third-order valence-electron chi connectivity index (χ3n) is 4.13. The number of rotatable bonds is 4.